The lowest BCUT2D eigenvalue weighted by atomic mass is 9.84. The first-order valence-electron chi connectivity index (χ1n) is 11.7. The second-order valence-corrected chi connectivity index (χ2v) is 9.65. The highest BCUT2D eigenvalue weighted by molar-refractivity contribution is 6.10. The summed E-state index contributed by atoms with van der Waals surface area (Å²) in [4.78, 5) is 41.7. The molecule has 1 heterocycles. The molecule has 8 nitrogen and oxygen atoms in total. The minimum atomic E-state index is -1.27. The average molecular weight is 477 g/mol. The monoisotopic (exact) mass is 476 g/mol. The SMILES string of the molecule is CCOc1ccc(N(CCC#N)C(=O)CN2C(=O)NC(C)(c3ccc(C(C)(C)C)cc3)C2=O)cc1. The van der Waals surface area contributed by atoms with Gasteiger partial charge in [-0.1, -0.05) is 45.0 Å². The van der Waals surface area contributed by atoms with E-state index in [9.17, 15) is 14.4 Å². The van der Waals surface area contributed by atoms with Gasteiger partial charge in [0, 0.05) is 12.2 Å². The fraction of sp³-hybridized carbons (Fsp3) is 0.407. The normalized spacial score (nSPS) is 17.7. The first-order valence-corrected chi connectivity index (χ1v) is 11.7. The fourth-order valence-electron chi connectivity index (χ4n) is 4.01. The zero-order valence-electron chi connectivity index (χ0n) is 20.9. The number of rotatable bonds is 8. The molecule has 0 spiro atoms. The highest BCUT2D eigenvalue weighted by Gasteiger charge is 2.49. The molecule has 1 N–H and O–H groups in total. The third-order valence-electron chi connectivity index (χ3n) is 6.10. The Labute approximate surface area is 206 Å². The van der Waals surface area contributed by atoms with Gasteiger partial charge < -0.3 is 15.0 Å². The highest BCUT2D eigenvalue weighted by Crippen LogP contribution is 2.31. The standard InChI is InChI=1S/C27H32N4O4/c1-6-35-22-14-12-21(13-15-22)30(17-7-16-28)23(32)18-31-24(33)27(5,29-25(31)34)20-10-8-19(9-11-20)26(2,3)4/h8-15H,6-7,17-18H2,1-5H3,(H,29,34). The summed E-state index contributed by atoms with van der Waals surface area (Å²) in [5.74, 6) is -0.294. The van der Waals surface area contributed by atoms with Crippen molar-refractivity contribution < 1.29 is 19.1 Å². The highest BCUT2D eigenvalue weighted by atomic mass is 16.5. The number of anilines is 1. The van der Waals surface area contributed by atoms with Crippen molar-refractivity contribution in [1.29, 1.82) is 5.26 Å². The molecule has 0 radical (unpaired) electrons. The Hall–Kier alpha value is -3.86. The molecular formula is C27H32N4O4. The number of hydrogen-bond donors (Lipinski definition) is 1. The van der Waals surface area contributed by atoms with Crippen molar-refractivity contribution in [2.75, 3.05) is 24.6 Å². The summed E-state index contributed by atoms with van der Waals surface area (Å²) in [7, 11) is 0. The molecule has 1 aliphatic heterocycles. The molecule has 184 valence electrons. The van der Waals surface area contributed by atoms with Gasteiger partial charge in [-0.2, -0.15) is 5.26 Å². The zero-order valence-corrected chi connectivity index (χ0v) is 20.9. The Bertz CT molecular complexity index is 1130. The Balaban J connectivity index is 1.81. The van der Waals surface area contributed by atoms with E-state index in [1.54, 1.807) is 31.2 Å². The number of nitrogens with one attached hydrogen (secondary N) is 1. The van der Waals surface area contributed by atoms with Crippen LogP contribution >= 0.6 is 0 Å². The quantitative estimate of drug-likeness (QED) is 0.578. The number of carbonyl (C=O) groups excluding carboxylic acids is 3. The number of benzene rings is 2. The second-order valence-electron chi connectivity index (χ2n) is 9.65. The van der Waals surface area contributed by atoms with E-state index in [0.717, 1.165) is 10.5 Å². The Morgan fingerprint density at radius 3 is 2.29 bits per heavy atom. The summed E-state index contributed by atoms with van der Waals surface area (Å²) in [5.41, 5.74) is 0.990. The van der Waals surface area contributed by atoms with Gasteiger partial charge in [0.2, 0.25) is 5.91 Å². The maximum Gasteiger partial charge on any atom is 0.325 e. The topological polar surface area (TPSA) is 103 Å². The summed E-state index contributed by atoms with van der Waals surface area (Å²) in [5, 5.41) is 11.8. The van der Waals surface area contributed by atoms with Crippen molar-refractivity contribution in [3.05, 3.63) is 59.7 Å². The Morgan fingerprint density at radius 1 is 1.11 bits per heavy atom. The van der Waals surface area contributed by atoms with Crippen molar-refractivity contribution in [2.24, 2.45) is 0 Å². The van der Waals surface area contributed by atoms with Gasteiger partial charge in [-0.15, -0.1) is 0 Å². The van der Waals surface area contributed by atoms with Gasteiger partial charge in [0.15, 0.2) is 0 Å². The van der Waals surface area contributed by atoms with Gasteiger partial charge in [-0.25, -0.2) is 4.79 Å². The number of imide groups is 1. The molecule has 8 heteroatoms. The van der Waals surface area contributed by atoms with Crippen LogP contribution in [0.1, 0.15) is 52.2 Å². The maximum atomic E-state index is 13.3. The largest absolute Gasteiger partial charge is 0.494 e. The number of hydrogen-bond acceptors (Lipinski definition) is 5. The molecule has 1 atom stereocenters. The molecule has 4 amide bonds. The summed E-state index contributed by atoms with van der Waals surface area (Å²) >= 11 is 0. The van der Waals surface area contributed by atoms with E-state index in [-0.39, 0.29) is 18.4 Å². The molecule has 0 saturated carbocycles. The number of nitriles is 1. The summed E-state index contributed by atoms with van der Waals surface area (Å²) in [6.45, 7) is 10.0. The Morgan fingerprint density at radius 2 is 1.74 bits per heavy atom. The van der Waals surface area contributed by atoms with Crippen LogP contribution in [0.15, 0.2) is 48.5 Å². The third-order valence-corrected chi connectivity index (χ3v) is 6.10. The molecule has 3 rings (SSSR count). The van der Waals surface area contributed by atoms with E-state index in [1.807, 2.05) is 37.3 Å². The summed E-state index contributed by atoms with van der Waals surface area (Å²) in [6, 6.07) is 15.9. The first-order chi connectivity index (χ1) is 16.5. The van der Waals surface area contributed by atoms with E-state index < -0.39 is 29.9 Å². The van der Waals surface area contributed by atoms with E-state index in [1.165, 1.54) is 4.90 Å². The van der Waals surface area contributed by atoms with Gasteiger partial charge >= 0.3 is 6.03 Å². The predicted octanol–water partition coefficient (Wildman–Crippen LogP) is 4.10. The van der Waals surface area contributed by atoms with Gasteiger partial charge in [0.1, 0.15) is 17.8 Å². The van der Waals surface area contributed by atoms with Gasteiger partial charge in [-0.3, -0.25) is 14.5 Å². The number of amides is 4. The van der Waals surface area contributed by atoms with Crippen LogP contribution in [0.25, 0.3) is 0 Å². The molecule has 2 aromatic carbocycles. The van der Waals surface area contributed by atoms with E-state index >= 15 is 0 Å². The van der Waals surface area contributed by atoms with E-state index in [2.05, 4.69) is 26.1 Å². The smallest absolute Gasteiger partial charge is 0.325 e. The summed E-state index contributed by atoms with van der Waals surface area (Å²) in [6.07, 6.45) is 0.108. The fourth-order valence-corrected chi connectivity index (χ4v) is 4.01. The molecule has 1 aliphatic rings. The molecule has 2 aromatic rings. The maximum absolute atomic E-state index is 13.3. The first kappa shape index (κ1) is 25.8. The third kappa shape index (κ3) is 5.46. The average Bonchev–Trinajstić information content (AvgIpc) is 3.04. The molecule has 0 aromatic heterocycles. The molecule has 0 aliphatic carbocycles. The van der Waals surface area contributed by atoms with Crippen LogP contribution < -0.4 is 15.0 Å². The van der Waals surface area contributed by atoms with Crippen LogP contribution in [0.5, 0.6) is 5.75 Å². The lowest BCUT2D eigenvalue weighted by Gasteiger charge is -2.26. The van der Waals surface area contributed by atoms with Crippen LogP contribution in [0, 0.1) is 11.3 Å². The Kier molecular flexibility index (Phi) is 7.49. The van der Waals surface area contributed by atoms with Crippen LogP contribution in [0.2, 0.25) is 0 Å². The molecular weight excluding hydrogens is 444 g/mol. The number of carbonyl (C=O) groups is 3. The van der Waals surface area contributed by atoms with Crippen LogP contribution in [-0.2, 0) is 20.5 Å². The molecule has 1 saturated heterocycles. The minimum Gasteiger partial charge on any atom is -0.494 e. The molecule has 1 fully saturated rings. The predicted molar refractivity (Wildman–Crippen MR) is 133 cm³/mol. The van der Waals surface area contributed by atoms with Gasteiger partial charge in [0.25, 0.3) is 5.91 Å². The van der Waals surface area contributed by atoms with Crippen molar-refractivity contribution in [1.82, 2.24) is 10.2 Å². The van der Waals surface area contributed by atoms with Crippen molar-refractivity contribution in [2.45, 2.75) is 52.0 Å². The number of nitrogens with zero attached hydrogens (tertiary/aromatic N) is 3. The van der Waals surface area contributed by atoms with Crippen LogP contribution in [0.4, 0.5) is 10.5 Å². The van der Waals surface area contributed by atoms with E-state index in [0.29, 0.717) is 23.6 Å². The molecule has 0 bridgehead atoms. The van der Waals surface area contributed by atoms with Crippen molar-refractivity contribution >= 4 is 23.5 Å². The van der Waals surface area contributed by atoms with Crippen LogP contribution in [0.3, 0.4) is 0 Å². The second kappa shape index (κ2) is 10.2. The van der Waals surface area contributed by atoms with Gasteiger partial charge in [0.05, 0.1) is 19.1 Å². The lowest BCUT2D eigenvalue weighted by molar-refractivity contribution is -0.134. The number of ether oxygens (including phenoxy) is 1. The lowest BCUT2D eigenvalue weighted by Crippen LogP contribution is -2.45. The van der Waals surface area contributed by atoms with Crippen molar-refractivity contribution in [3.8, 4) is 11.8 Å². The molecule has 1 unspecified atom stereocenters. The van der Waals surface area contributed by atoms with Crippen molar-refractivity contribution in [3.63, 3.8) is 0 Å². The van der Waals surface area contributed by atoms with E-state index in [4.69, 9.17) is 10.00 Å². The number of urea groups is 1. The van der Waals surface area contributed by atoms with Gasteiger partial charge in [-0.05, 0) is 54.7 Å². The minimum absolute atomic E-state index is 0.0470. The van der Waals surface area contributed by atoms with Crippen LogP contribution in [-0.4, -0.2) is 42.4 Å². The molecule has 35 heavy (non-hydrogen) atoms. The summed E-state index contributed by atoms with van der Waals surface area (Å²) < 4.78 is 5.45. The zero-order chi connectivity index (χ0) is 25.8.